The summed E-state index contributed by atoms with van der Waals surface area (Å²) in [6.45, 7) is 3.84. The Labute approximate surface area is 116 Å². The molecule has 0 radical (unpaired) electrons. The van der Waals surface area contributed by atoms with Gasteiger partial charge in [-0.25, -0.2) is 0 Å². The molecule has 0 amide bonds. The smallest absolute Gasteiger partial charge is 0.329 e. The van der Waals surface area contributed by atoms with Crippen molar-refractivity contribution >= 4 is 34.4 Å². The van der Waals surface area contributed by atoms with Gasteiger partial charge in [0.25, 0.3) is 5.24 Å². The van der Waals surface area contributed by atoms with E-state index in [1.807, 2.05) is 13.8 Å². The van der Waals surface area contributed by atoms with Crippen LogP contribution in [0.4, 0.5) is 0 Å². The SMILES string of the molecule is CC[C@H](C)[C@H](Cl)C(=O)Oc1ccc(C(=O)Cl)cc1. The van der Waals surface area contributed by atoms with Crippen molar-refractivity contribution in [1.82, 2.24) is 0 Å². The zero-order valence-corrected chi connectivity index (χ0v) is 11.7. The fraction of sp³-hybridized carbons (Fsp3) is 0.385. The van der Waals surface area contributed by atoms with Gasteiger partial charge >= 0.3 is 5.97 Å². The molecule has 0 unspecified atom stereocenters. The van der Waals surface area contributed by atoms with Crippen LogP contribution >= 0.6 is 23.2 Å². The number of carbonyl (C=O) groups excluding carboxylic acids is 2. The summed E-state index contributed by atoms with van der Waals surface area (Å²) in [5.74, 6) is -0.102. The Hall–Kier alpha value is -1.06. The molecule has 1 aromatic carbocycles. The van der Waals surface area contributed by atoms with Gasteiger partial charge in [-0.15, -0.1) is 11.6 Å². The minimum atomic E-state index is -0.677. The van der Waals surface area contributed by atoms with E-state index in [0.29, 0.717) is 11.3 Å². The Balaban J connectivity index is 2.67. The highest BCUT2D eigenvalue weighted by molar-refractivity contribution is 6.67. The largest absolute Gasteiger partial charge is 0.425 e. The molecule has 0 aliphatic heterocycles. The summed E-state index contributed by atoms with van der Waals surface area (Å²) in [6, 6.07) is 6.00. The van der Waals surface area contributed by atoms with Crippen LogP contribution in [0, 0.1) is 5.92 Å². The minimum Gasteiger partial charge on any atom is -0.425 e. The Bertz CT molecular complexity index is 428. The van der Waals surface area contributed by atoms with Crippen LogP contribution in [0.3, 0.4) is 0 Å². The van der Waals surface area contributed by atoms with Crippen molar-refractivity contribution in [2.45, 2.75) is 25.6 Å². The Kier molecular flexibility index (Phi) is 5.63. The van der Waals surface area contributed by atoms with Crippen LogP contribution in [-0.4, -0.2) is 16.6 Å². The van der Waals surface area contributed by atoms with E-state index in [0.717, 1.165) is 6.42 Å². The van der Waals surface area contributed by atoms with E-state index in [1.54, 1.807) is 0 Å². The van der Waals surface area contributed by atoms with Crippen LogP contribution in [0.15, 0.2) is 24.3 Å². The maximum atomic E-state index is 11.7. The van der Waals surface area contributed by atoms with Gasteiger partial charge in [0.05, 0.1) is 0 Å². The van der Waals surface area contributed by atoms with E-state index in [-0.39, 0.29) is 5.92 Å². The van der Waals surface area contributed by atoms with Crippen LogP contribution in [0.25, 0.3) is 0 Å². The van der Waals surface area contributed by atoms with Gasteiger partial charge in [0.1, 0.15) is 11.1 Å². The van der Waals surface area contributed by atoms with Gasteiger partial charge in [-0.05, 0) is 41.8 Å². The van der Waals surface area contributed by atoms with E-state index in [2.05, 4.69) is 0 Å². The summed E-state index contributed by atoms with van der Waals surface area (Å²) in [4.78, 5) is 22.5. The highest BCUT2D eigenvalue weighted by Crippen LogP contribution is 2.19. The number of hydrogen-bond donors (Lipinski definition) is 0. The first-order valence-corrected chi connectivity index (χ1v) is 6.42. The summed E-state index contributed by atoms with van der Waals surface area (Å²) in [5.41, 5.74) is 0.348. The molecule has 0 spiro atoms. The van der Waals surface area contributed by atoms with Crippen molar-refractivity contribution in [3.63, 3.8) is 0 Å². The van der Waals surface area contributed by atoms with Gasteiger partial charge in [0, 0.05) is 5.56 Å². The molecule has 0 fully saturated rings. The zero-order chi connectivity index (χ0) is 13.7. The molecule has 0 saturated carbocycles. The zero-order valence-electron chi connectivity index (χ0n) is 10.2. The highest BCUT2D eigenvalue weighted by Gasteiger charge is 2.23. The fourth-order valence-electron chi connectivity index (χ4n) is 1.27. The molecule has 0 N–H and O–H groups in total. The number of hydrogen-bond acceptors (Lipinski definition) is 3. The molecule has 1 rings (SSSR count). The monoisotopic (exact) mass is 288 g/mol. The molecule has 0 bridgehead atoms. The molecule has 0 aliphatic carbocycles. The lowest BCUT2D eigenvalue weighted by Gasteiger charge is -2.14. The van der Waals surface area contributed by atoms with Crippen LogP contribution < -0.4 is 4.74 Å². The molecular formula is C13H14Cl2O3. The Morgan fingerprint density at radius 3 is 2.28 bits per heavy atom. The summed E-state index contributed by atoms with van der Waals surface area (Å²) in [6.07, 6.45) is 0.795. The standard InChI is InChI=1S/C13H14Cl2O3/c1-3-8(2)11(14)13(17)18-10-6-4-9(5-7-10)12(15)16/h4-8,11H,3H2,1-2H3/t8-,11-/m0/s1. The molecule has 1 aromatic rings. The molecule has 18 heavy (non-hydrogen) atoms. The lowest BCUT2D eigenvalue weighted by Crippen LogP contribution is -2.26. The second kappa shape index (κ2) is 6.76. The number of esters is 1. The summed E-state index contributed by atoms with van der Waals surface area (Å²) < 4.78 is 5.11. The second-order valence-corrected chi connectivity index (χ2v) is 4.82. The third-order valence-electron chi connectivity index (χ3n) is 2.67. The predicted octanol–water partition coefficient (Wildman–Crippen LogP) is 3.62. The van der Waals surface area contributed by atoms with Crippen molar-refractivity contribution in [2.24, 2.45) is 5.92 Å². The Morgan fingerprint density at radius 1 is 1.28 bits per heavy atom. The lowest BCUT2D eigenvalue weighted by atomic mass is 10.1. The number of alkyl halides is 1. The van der Waals surface area contributed by atoms with Crippen molar-refractivity contribution in [3.05, 3.63) is 29.8 Å². The van der Waals surface area contributed by atoms with Gasteiger partial charge in [-0.2, -0.15) is 0 Å². The molecule has 2 atom stereocenters. The van der Waals surface area contributed by atoms with Crippen LogP contribution in [0.1, 0.15) is 30.6 Å². The van der Waals surface area contributed by atoms with E-state index >= 15 is 0 Å². The van der Waals surface area contributed by atoms with Crippen molar-refractivity contribution in [2.75, 3.05) is 0 Å². The van der Waals surface area contributed by atoms with E-state index < -0.39 is 16.6 Å². The molecular weight excluding hydrogens is 275 g/mol. The third kappa shape index (κ3) is 4.00. The number of ether oxygens (including phenoxy) is 1. The van der Waals surface area contributed by atoms with E-state index in [1.165, 1.54) is 24.3 Å². The lowest BCUT2D eigenvalue weighted by molar-refractivity contribution is -0.134. The summed E-state index contributed by atoms with van der Waals surface area (Å²) >= 11 is 11.3. The van der Waals surface area contributed by atoms with Gasteiger partial charge in [-0.1, -0.05) is 20.3 Å². The van der Waals surface area contributed by atoms with Crippen molar-refractivity contribution in [3.8, 4) is 5.75 Å². The van der Waals surface area contributed by atoms with E-state index in [9.17, 15) is 9.59 Å². The quantitative estimate of drug-likeness (QED) is 0.360. The summed E-state index contributed by atoms with van der Waals surface area (Å²) in [7, 11) is 0. The predicted molar refractivity (Wildman–Crippen MR) is 71.4 cm³/mol. The van der Waals surface area contributed by atoms with Crippen molar-refractivity contribution < 1.29 is 14.3 Å². The average molecular weight is 289 g/mol. The molecule has 0 aliphatic rings. The average Bonchev–Trinajstić information content (AvgIpc) is 2.37. The van der Waals surface area contributed by atoms with Gasteiger partial charge < -0.3 is 4.74 Å². The maximum Gasteiger partial charge on any atom is 0.329 e. The first kappa shape index (κ1) is 15.0. The molecule has 5 heteroatoms. The first-order chi connectivity index (χ1) is 8.45. The third-order valence-corrected chi connectivity index (χ3v) is 3.49. The van der Waals surface area contributed by atoms with Gasteiger partial charge in [0.15, 0.2) is 0 Å². The topological polar surface area (TPSA) is 43.4 Å². The second-order valence-electron chi connectivity index (χ2n) is 4.01. The molecule has 3 nitrogen and oxygen atoms in total. The number of benzene rings is 1. The molecule has 0 heterocycles. The Morgan fingerprint density at radius 2 is 1.83 bits per heavy atom. The van der Waals surface area contributed by atoms with Crippen molar-refractivity contribution in [1.29, 1.82) is 0 Å². The van der Waals surface area contributed by atoms with Crippen LogP contribution in [0.2, 0.25) is 0 Å². The normalized spacial score (nSPS) is 13.8. The van der Waals surface area contributed by atoms with Crippen LogP contribution in [-0.2, 0) is 4.79 Å². The minimum absolute atomic E-state index is 0.0443. The molecule has 0 aromatic heterocycles. The summed E-state index contributed by atoms with van der Waals surface area (Å²) in [5, 5.41) is -1.23. The van der Waals surface area contributed by atoms with Crippen LogP contribution in [0.5, 0.6) is 5.75 Å². The fourth-order valence-corrected chi connectivity index (χ4v) is 1.61. The number of rotatable bonds is 5. The first-order valence-electron chi connectivity index (χ1n) is 5.61. The highest BCUT2D eigenvalue weighted by atomic mass is 35.5. The maximum absolute atomic E-state index is 11.7. The van der Waals surface area contributed by atoms with E-state index in [4.69, 9.17) is 27.9 Å². The number of halogens is 2. The number of carbonyl (C=O) groups is 2. The molecule has 0 saturated heterocycles. The van der Waals surface area contributed by atoms with Gasteiger partial charge in [-0.3, -0.25) is 9.59 Å². The van der Waals surface area contributed by atoms with Gasteiger partial charge in [0.2, 0.25) is 0 Å². The molecule has 98 valence electrons.